The molecular formula is C16H28N2. The SMILES string of the molecule is CCC(C)CC(CC)(CN)Nc1ccc(C)cc1. The fourth-order valence-corrected chi connectivity index (χ4v) is 2.32. The molecule has 2 atom stereocenters. The number of benzene rings is 1. The van der Waals surface area contributed by atoms with E-state index in [4.69, 9.17) is 5.73 Å². The summed E-state index contributed by atoms with van der Waals surface area (Å²) in [7, 11) is 0. The second-order valence-corrected chi connectivity index (χ2v) is 5.55. The number of hydrogen-bond donors (Lipinski definition) is 2. The molecule has 0 bridgehead atoms. The van der Waals surface area contributed by atoms with Crippen LogP contribution in [-0.2, 0) is 0 Å². The summed E-state index contributed by atoms with van der Waals surface area (Å²) in [6, 6.07) is 8.57. The molecule has 102 valence electrons. The summed E-state index contributed by atoms with van der Waals surface area (Å²) in [6.07, 6.45) is 3.39. The second-order valence-electron chi connectivity index (χ2n) is 5.55. The van der Waals surface area contributed by atoms with Crippen LogP contribution in [0.2, 0.25) is 0 Å². The molecular weight excluding hydrogens is 220 g/mol. The van der Waals surface area contributed by atoms with E-state index in [2.05, 4.69) is 57.3 Å². The van der Waals surface area contributed by atoms with Gasteiger partial charge in [-0.05, 0) is 37.8 Å². The van der Waals surface area contributed by atoms with Crippen molar-refractivity contribution in [2.24, 2.45) is 11.7 Å². The highest BCUT2D eigenvalue weighted by Gasteiger charge is 2.27. The van der Waals surface area contributed by atoms with Gasteiger partial charge in [-0.15, -0.1) is 0 Å². The first-order valence-electron chi connectivity index (χ1n) is 7.10. The first kappa shape index (κ1) is 15.0. The van der Waals surface area contributed by atoms with Crippen LogP contribution >= 0.6 is 0 Å². The molecule has 0 aromatic heterocycles. The highest BCUT2D eigenvalue weighted by molar-refractivity contribution is 5.47. The number of aryl methyl sites for hydroxylation is 1. The van der Waals surface area contributed by atoms with Gasteiger partial charge in [-0.3, -0.25) is 0 Å². The molecule has 1 aromatic rings. The Morgan fingerprint density at radius 2 is 1.83 bits per heavy atom. The highest BCUT2D eigenvalue weighted by atomic mass is 15.0. The first-order chi connectivity index (χ1) is 8.55. The van der Waals surface area contributed by atoms with Crippen LogP contribution in [0.25, 0.3) is 0 Å². The third-order valence-electron chi connectivity index (χ3n) is 3.96. The van der Waals surface area contributed by atoms with E-state index in [-0.39, 0.29) is 5.54 Å². The maximum atomic E-state index is 6.04. The van der Waals surface area contributed by atoms with Crippen LogP contribution in [0.5, 0.6) is 0 Å². The zero-order valence-corrected chi connectivity index (χ0v) is 12.3. The van der Waals surface area contributed by atoms with Crippen molar-refractivity contribution in [3.05, 3.63) is 29.8 Å². The van der Waals surface area contributed by atoms with Crippen LogP contribution in [0.4, 0.5) is 5.69 Å². The Balaban J connectivity index is 2.81. The molecule has 1 rings (SSSR count). The molecule has 2 heteroatoms. The Morgan fingerprint density at radius 1 is 1.22 bits per heavy atom. The van der Waals surface area contributed by atoms with Crippen molar-refractivity contribution >= 4 is 5.69 Å². The van der Waals surface area contributed by atoms with Gasteiger partial charge < -0.3 is 11.1 Å². The van der Waals surface area contributed by atoms with Crippen molar-refractivity contribution < 1.29 is 0 Å². The van der Waals surface area contributed by atoms with Crippen molar-refractivity contribution in [3.8, 4) is 0 Å². The van der Waals surface area contributed by atoms with Crippen molar-refractivity contribution in [1.82, 2.24) is 0 Å². The van der Waals surface area contributed by atoms with E-state index < -0.39 is 0 Å². The molecule has 0 saturated carbocycles. The maximum Gasteiger partial charge on any atom is 0.0495 e. The molecule has 0 heterocycles. The fourth-order valence-electron chi connectivity index (χ4n) is 2.32. The van der Waals surface area contributed by atoms with E-state index in [0.717, 1.165) is 12.8 Å². The van der Waals surface area contributed by atoms with Gasteiger partial charge in [-0.25, -0.2) is 0 Å². The van der Waals surface area contributed by atoms with Gasteiger partial charge in [0.2, 0.25) is 0 Å². The summed E-state index contributed by atoms with van der Waals surface area (Å²) in [4.78, 5) is 0. The van der Waals surface area contributed by atoms with E-state index in [1.165, 1.54) is 17.7 Å². The van der Waals surface area contributed by atoms with Crippen molar-refractivity contribution in [1.29, 1.82) is 0 Å². The van der Waals surface area contributed by atoms with Gasteiger partial charge >= 0.3 is 0 Å². The second kappa shape index (κ2) is 6.79. The van der Waals surface area contributed by atoms with Crippen molar-refractivity contribution in [2.45, 2.75) is 52.5 Å². The molecule has 2 unspecified atom stereocenters. The molecule has 0 aliphatic rings. The minimum Gasteiger partial charge on any atom is -0.378 e. The molecule has 3 N–H and O–H groups in total. The Bertz CT molecular complexity index is 339. The predicted molar refractivity (Wildman–Crippen MR) is 81.0 cm³/mol. The van der Waals surface area contributed by atoms with E-state index in [1.54, 1.807) is 0 Å². The Hall–Kier alpha value is -1.02. The zero-order valence-electron chi connectivity index (χ0n) is 12.3. The highest BCUT2D eigenvalue weighted by Crippen LogP contribution is 2.26. The molecule has 0 aliphatic heterocycles. The van der Waals surface area contributed by atoms with E-state index in [1.807, 2.05) is 0 Å². The van der Waals surface area contributed by atoms with Gasteiger partial charge in [0.05, 0.1) is 0 Å². The van der Waals surface area contributed by atoms with Crippen LogP contribution < -0.4 is 11.1 Å². The molecule has 1 aromatic carbocycles. The van der Waals surface area contributed by atoms with Crippen LogP contribution in [0.1, 0.15) is 45.6 Å². The normalized spacial score (nSPS) is 16.1. The molecule has 0 spiro atoms. The lowest BCUT2D eigenvalue weighted by molar-refractivity contribution is 0.346. The Morgan fingerprint density at radius 3 is 2.28 bits per heavy atom. The average molecular weight is 248 g/mol. The van der Waals surface area contributed by atoms with Gasteiger partial charge in [-0.1, -0.05) is 44.9 Å². The van der Waals surface area contributed by atoms with Crippen molar-refractivity contribution in [2.75, 3.05) is 11.9 Å². The van der Waals surface area contributed by atoms with Crippen LogP contribution in [0.3, 0.4) is 0 Å². The van der Waals surface area contributed by atoms with E-state index in [0.29, 0.717) is 12.5 Å². The predicted octanol–water partition coefficient (Wildman–Crippen LogP) is 3.95. The topological polar surface area (TPSA) is 38.0 Å². The third kappa shape index (κ3) is 4.02. The van der Waals surface area contributed by atoms with Gasteiger partial charge in [0.25, 0.3) is 0 Å². The van der Waals surface area contributed by atoms with Gasteiger partial charge in [0, 0.05) is 17.8 Å². The van der Waals surface area contributed by atoms with Gasteiger partial charge in [0.1, 0.15) is 0 Å². The number of anilines is 1. The smallest absolute Gasteiger partial charge is 0.0495 e. The molecule has 2 nitrogen and oxygen atoms in total. The molecule has 18 heavy (non-hydrogen) atoms. The monoisotopic (exact) mass is 248 g/mol. The van der Waals surface area contributed by atoms with Crippen LogP contribution in [0.15, 0.2) is 24.3 Å². The number of nitrogens with two attached hydrogens (primary N) is 1. The fraction of sp³-hybridized carbons (Fsp3) is 0.625. The summed E-state index contributed by atoms with van der Waals surface area (Å²) in [5, 5.41) is 3.66. The van der Waals surface area contributed by atoms with Crippen LogP contribution in [0, 0.1) is 12.8 Å². The van der Waals surface area contributed by atoms with Gasteiger partial charge in [0.15, 0.2) is 0 Å². The summed E-state index contributed by atoms with van der Waals surface area (Å²) in [6.45, 7) is 9.56. The lowest BCUT2D eigenvalue weighted by Gasteiger charge is -2.36. The number of rotatable bonds is 7. The first-order valence-corrected chi connectivity index (χ1v) is 7.10. The molecule has 0 fully saturated rings. The lowest BCUT2D eigenvalue weighted by atomic mass is 9.84. The van der Waals surface area contributed by atoms with E-state index in [9.17, 15) is 0 Å². The summed E-state index contributed by atoms with van der Waals surface area (Å²) in [5.74, 6) is 0.700. The Kier molecular flexibility index (Phi) is 5.67. The standard InChI is InChI=1S/C16H28N2/c1-5-13(3)11-16(6-2,12-17)18-15-9-7-14(4)8-10-15/h7-10,13,18H,5-6,11-12,17H2,1-4H3. The minimum absolute atomic E-state index is 0.0324. The minimum atomic E-state index is 0.0324. The third-order valence-corrected chi connectivity index (χ3v) is 3.96. The van der Waals surface area contributed by atoms with E-state index >= 15 is 0 Å². The van der Waals surface area contributed by atoms with Gasteiger partial charge in [-0.2, -0.15) is 0 Å². The number of nitrogens with one attached hydrogen (secondary N) is 1. The lowest BCUT2D eigenvalue weighted by Crippen LogP contribution is -2.46. The summed E-state index contributed by atoms with van der Waals surface area (Å²) in [5.41, 5.74) is 8.54. The Labute approximate surface area is 112 Å². The maximum absolute atomic E-state index is 6.04. The number of hydrogen-bond acceptors (Lipinski definition) is 2. The quantitative estimate of drug-likeness (QED) is 0.766. The van der Waals surface area contributed by atoms with Crippen LogP contribution in [-0.4, -0.2) is 12.1 Å². The summed E-state index contributed by atoms with van der Waals surface area (Å²) < 4.78 is 0. The molecule has 0 saturated heterocycles. The molecule has 0 radical (unpaired) electrons. The van der Waals surface area contributed by atoms with Crippen molar-refractivity contribution in [3.63, 3.8) is 0 Å². The zero-order chi connectivity index (χ0) is 13.6. The summed E-state index contributed by atoms with van der Waals surface area (Å²) >= 11 is 0. The largest absolute Gasteiger partial charge is 0.378 e. The average Bonchev–Trinajstić information content (AvgIpc) is 2.40. The molecule has 0 aliphatic carbocycles. The molecule has 0 amide bonds.